The van der Waals surface area contributed by atoms with Crippen molar-refractivity contribution >= 4 is 22.7 Å². The molecular formula is C22H24F2N6O2. The highest BCUT2D eigenvalue weighted by Gasteiger charge is 2.25. The zero-order chi connectivity index (χ0) is 21.9. The lowest BCUT2D eigenvalue weighted by atomic mass is 9.93. The van der Waals surface area contributed by atoms with Gasteiger partial charge in [0.05, 0.1) is 24.8 Å². The monoisotopic (exact) mass is 442 g/mol. The van der Waals surface area contributed by atoms with E-state index in [0.717, 1.165) is 61.2 Å². The van der Waals surface area contributed by atoms with Crippen LogP contribution in [0, 0.1) is 11.9 Å². The molecule has 2 aliphatic rings. The van der Waals surface area contributed by atoms with Gasteiger partial charge in [0, 0.05) is 49.3 Å². The molecule has 1 N–H and O–H groups in total. The minimum atomic E-state index is -0.884. The summed E-state index contributed by atoms with van der Waals surface area (Å²) in [5.41, 5.74) is 2.59. The molecule has 1 aliphatic carbocycles. The summed E-state index contributed by atoms with van der Waals surface area (Å²) < 4.78 is 38.5. The molecule has 2 aromatic heterocycles. The van der Waals surface area contributed by atoms with E-state index in [-0.39, 0.29) is 18.1 Å². The van der Waals surface area contributed by atoms with Gasteiger partial charge < -0.3 is 19.7 Å². The number of halogens is 2. The van der Waals surface area contributed by atoms with E-state index in [2.05, 4.69) is 30.2 Å². The number of ether oxygens (including phenoxy) is 2. The summed E-state index contributed by atoms with van der Waals surface area (Å²) >= 11 is 0. The molecule has 3 heterocycles. The lowest BCUT2D eigenvalue weighted by molar-refractivity contribution is 0.122. The van der Waals surface area contributed by atoms with E-state index in [0.29, 0.717) is 19.3 Å². The van der Waals surface area contributed by atoms with Crippen molar-refractivity contribution in [2.45, 2.75) is 37.8 Å². The van der Waals surface area contributed by atoms with Gasteiger partial charge in [0.25, 0.3) is 0 Å². The number of aromatic nitrogens is 4. The average Bonchev–Trinajstić information content (AvgIpc) is 2.80. The minimum absolute atomic E-state index is 0.0170. The van der Waals surface area contributed by atoms with Gasteiger partial charge in [-0.05, 0) is 31.7 Å². The first-order valence-electron chi connectivity index (χ1n) is 10.8. The summed E-state index contributed by atoms with van der Waals surface area (Å²) in [7, 11) is 0. The Morgan fingerprint density at radius 1 is 0.938 bits per heavy atom. The molecule has 10 heteroatoms. The number of morpholine rings is 1. The van der Waals surface area contributed by atoms with Gasteiger partial charge in [-0.2, -0.15) is 18.7 Å². The number of hydrogen-bond donors (Lipinski definition) is 1. The maximum atomic E-state index is 13.3. The fraction of sp³-hybridized carbons (Fsp3) is 0.455. The Kier molecular flexibility index (Phi) is 5.93. The smallest absolute Gasteiger partial charge is 0.228 e. The number of benzene rings is 1. The molecule has 1 saturated heterocycles. The summed E-state index contributed by atoms with van der Waals surface area (Å²) in [6.07, 6.45) is 6.50. The van der Waals surface area contributed by atoms with E-state index in [1.165, 1.54) is 0 Å². The van der Waals surface area contributed by atoms with E-state index in [1.807, 2.05) is 12.1 Å². The van der Waals surface area contributed by atoms with Crippen LogP contribution in [0.1, 0.15) is 25.7 Å². The summed E-state index contributed by atoms with van der Waals surface area (Å²) in [5.74, 6) is -1.06. The van der Waals surface area contributed by atoms with Crippen molar-refractivity contribution in [2.75, 3.05) is 36.5 Å². The zero-order valence-electron chi connectivity index (χ0n) is 17.5. The van der Waals surface area contributed by atoms with Crippen molar-refractivity contribution in [2.24, 2.45) is 0 Å². The Morgan fingerprint density at radius 2 is 1.66 bits per heavy atom. The topological polar surface area (TPSA) is 85.3 Å². The van der Waals surface area contributed by atoms with Crippen molar-refractivity contribution in [3.8, 4) is 5.75 Å². The summed E-state index contributed by atoms with van der Waals surface area (Å²) in [5, 5.41) is 3.03. The van der Waals surface area contributed by atoms with Gasteiger partial charge in [-0.15, -0.1) is 0 Å². The molecule has 0 amide bonds. The molecule has 0 unspecified atom stereocenters. The van der Waals surface area contributed by atoms with E-state index < -0.39 is 11.9 Å². The second-order valence-corrected chi connectivity index (χ2v) is 8.04. The number of rotatable bonds is 5. The predicted molar refractivity (Wildman–Crippen MR) is 115 cm³/mol. The summed E-state index contributed by atoms with van der Waals surface area (Å²) in [6, 6.07) is 4.77. The van der Waals surface area contributed by atoms with Crippen molar-refractivity contribution < 1.29 is 18.3 Å². The molecule has 0 bridgehead atoms. The van der Waals surface area contributed by atoms with Gasteiger partial charge in [-0.25, -0.2) is 4.98 Å². The second-order valence-electron chi connectivity index (χ2n) is 8.04. The Labute approximate surface area is 184 Å². The van der Waals surface area contributed by atoms with Crippen LogP contribution >= 0.6 is 0 Å². The van der Waals surface area contributed by atoms with Gasteiger partial charge in [0.15, 0.2) is 0 Å². The predicted octanol–water partition coefficient (Wildman–Crippen LogP) is 3.34. The van der Waals surface area contributed by atoms with Crippen LogP contribution in [0.25, 0.3) is 11.0 Å². The SMILES string of the molecule is Fc1cc(F)nc(N[C@H]2CC[C@@H](Oc3cc(N4CCOCC4)cc4nccnc34)CC2)n1. The molecule has 32 heavy (non-hydrogen) atoms. The van der Waals surface area contributed by atoms with Gasteiger partial charge >= 0.3 is 0 Å². The molecule has 8 nitrogen and oxygen atoms in total. The average molecular weight is 442 g/mol. The van der Waals surface area contributed by atoms with Crippen LogP contribution in [-0.4, -0.2) is 58.4 Å². The Balaban J connectivity index is 1.27. The van der Waals surface area contributed by atoms with Gasteiger partial charge in [0.2, 0.25) is 17.8 Å². The molecule has 3 aromatic rings. The number of nitrogens with one attached hydrogen (secondary N) is 1. The largest absolute Gasteiger partial charge is 0.488 e. The third-order valence-electron chi connectivity index (χ3n) is 5.86. The molecule has 0 spiro atoms. The highest BCUT2D eigenvalue weighted by Crippen LogP contribution is 2.33. The highest BCUT2D eigenvalue weighted by atomic mass is 19.1. The first kappa shape index (κ1) is 20.7. The molecular weight excluding hydrogens is 418 g/mol. The minimum Gasteiger partial charge on any atom is -0.488 e. The molecule has 1 aromatic carbocycles. The van der Waals surface area contributed by atoms with Crippen LogP contribution in [-0.2, 0) is 4.74 Å². The first-order chi connectivity index (χ1) is 15.6. The Hall–Kier alpha value is -3.14. The number of anilines is 2. The van der Waals surface area contributed by atoms with Gasteiger partial charge in [0.1, 0.15) is 11.3 Å². The number of fused-ring (bicyclic) bond motifs is 1. The maximum Gasteiger partial charge on any atom is 0.228 e. The molecule has 1 saturated carbocycles. The fourth-order valence-electron chi connectivity index (χ4n) is 4.26. The van der Waals surface area contributed by atoms with E-state index in [1.54, 1.807) is 12.4 Å². The van der Waals surface area contributed by atoms with Crippen LogP contribution in [0.2, 0.25) is 0 Å². The Morgan fingerprint density at radius 3 is 2.41 bits per heavy atom. The van der Waals surface area contributed by atoms with Crippen LogP contribution < -0.4 is 15.0 Å². The number of nitrogens with zero attached hydrogens (tertiary/aromatic N) is 5. The van der Waals surface area contributed by atoms with Crippen molar-refractivity contribution in [3.63, 3.8) is 0 Å². The molecule has 168 valence electrons. The van der Waals surface area contributed by atoms with Crippen LogP contribution in [0.3, 0.4) is 0 Å². The quantitative estimate of drug-likeness (QED) is 0.603. The molecule has 1 aliphatic heterocycles. The fourth-order valence-corrected chi connectivity index (χ4v) is 4.26. The lowest BCUT2D eigenvalue weighted by Crippen LogP contribution is -2.36. The van der Waals surface area contributed by atoms with Crippen LogP contribution in [0.5, 0.6) is 5.75 Å². The van der Waals surface area contributed by atoms with Crippen molar-refractivity contribution in [1.82, 2.24) is 19.9 Å². The lowest BCUT2D eigenvalue weighted by Gasteiger charge is -2.31. The van der Waals surface area contributed by atoms with Crippen molar-refractivity contribution in [3.05, 3.63) is 42.5 Å². The molecule has 0 atom stereocenters. The van der Waals surface area contributed by atoms with E-state index in [4.69, 9.17) is 9.47 Å². The summed E-state index contributed by atoms with van der Waals surface area (Å²) in [4.78, 5) is 18.5. The third-order valence-corrected chi connectivity index (χ3v) is 5.86. The Bertz CT molecular complexity index is 1070. The summed E-state index contributed by atoms with van der Waals surface area (Å²) in [6.45, 7) is 3.05. The molecule has 2 fully saturated rings. The van der Waals surface area contributed by atoms with Crippen LogP contribution in [0.4, 0.5) is 20.4 Å². The van der Waals surface area contributed by atoms with Gasteiger partial charge in [-0.3, -0.25) is 4.98 Å². The molecule has 0 radical (unpaired) electrons. The standard InChI is InChI=1S/C22H24F2N6O2/c23-19-13-20(24)29-22(28-19)27-14-1-3-16(4-2-14)32-18-12-15(30-7-9-31-10-8-30)11-17-21(18)26-6-5-25-17/h5-6,11-14,16H,1-4,7-10H2,(H,27,28,29)/t14-,16+. The zero-order valence-corrected chi connectivity index (χ0v) is 17.5. The van der Waals surface area contributed by atoms with Gasteiger partial charge in [-0.1, -0.05) is 0 Å². The third kappa shape index (κ3) is 4.69. The first-order valence-corrected chi connectivity index (χ1v) is 10.8. The number of hydrogen-bond acceptors (Lipinski definition) is 8. The second kappa shape index (κ2) is 9.15. The van der Waals surface area contributed by atoms with Crippen molar-refractivity contribution in [1.29, 1.82) is 0 Å². The highest BCUT2D eigenvalue weighted by molar-refractivity contribution is 5.85. The molecule has 5 rings (SSSR count). The van der Waals surface area contributed by atoms with E-state index in [9.17, 15) is 8.78 Å². The van der Waals surface area contributed by atoms with E-state index >= 15 is 0 Å². The maximum absolute atomic E-state index is 13.3. The van der Waals surface area contributed by atoms with Crippen LogP contribution in [0.15, 0.2) is 30.6 Å². The normalized spacial score (nSPS) is 21.5.